The predicted molar refractivity (Wildman–Crippen MR) is 128 cm³/mol. The molecule has 8 heteroatoms. The lowest BCUT2D eigenvalue weighted by molar-refractivity contribution is -0.139. The lowest BCUT2D eigenvalue weighted by Crippen LogP contribution is -2.39. The van der Waals surface area contributed by atoms with Crippen LogP contribution in [0.15, 0.2) is 74.1 Å². The Morgan fingerprint density at radius 3 is 2.50 bits per heavy atom. The molecule has 4 rings (SSSR count). The number of ether oxygens (including phenoxy) is 2. The smallest absolute Gasteiger partial charge is 0.338 e. The van der Waals surface area contributed by atoms with Crippen molar-refractivity contribution in [1.29, 1.82) is 0 Å². The molecule has 1 aromatic heterocycles. The fourth-order valence-electron chi connectivity index (χ4n) is 3.60. The van der Waals surface area contributed by atoms with E-state index in [2.05, 4.69) is 20.9 Å². The van der Waals surface area contributed by atoms with Crippen molar-refractivity contribution < 1.29 is 14.3 Å². The van der Waals surface area contributed by atoms with Gasteiger partial charge in [0.25, 0.3) is 5.56 Å². The molecule has 0 spiro atoms. The zero-order valence-corrected chi connectivity index (χ0v) is 20.2. The van der Waals surface area contributed by atoms with E-state index in [0.29, 0.717) is 26.4 Å². The van der Waals surface area contributed by atoms with Crippen LogP contribution in [0.4, 0.5) is 0 Å². The van der Waals surface area contributed by atoms with Gasteiger partial charge in [0.2, 0.25) is 0 Å². The van der Waals surface area contributed by atoms with Crippen LogP contribution in [0, 0.1) is 0 Å². The Bertz CT molecular complexity index is 1370. The van der Waals surface area contributed by atoms with Crippen molar-refractivity contribution in [3.63, 3.8) is 0 Å². The standard InChI is InChI=1S/C24H21BrN2O4S/c1-4-31-23(29)20-14(2)26-24-27(21(20)16-7-11-18(30-3)12-8-16)22(28)19(32-24)13-15-5-9-17(25)10-6-15/h5-13,21H,4H2,1-3H3/b19-13+/t21-/m1/s1. The molecular weight excluding hydrogens is 492 g/mol. The molecule has 0 saturated carbocycles. The van der Waals surface area contributed by atoms with Gasteiger partial charge in [0.15, 0.2) is 4.80 Å². The second kappa shape index (κ2) is 9.26. The molecule has 0 N–H and O–H groups in total. The van der Waals surface area contributed by atoms with Crippen LogP contribution < -0.4 is 19.6 Å². The SMILES string of the molecule is CCOC(=O)C1=C(C)N=c2s/c(=C/c3ccc(Br)cc3)c(=O)n2[C@@H]1c1ccc(OC)cc1. The van der Waals surface area contributed by atoms with Crippen LogP contribution in [-0.2, 0) is 9.53 Å². The van der Waals surface area contributed by atoms with Gasteiger partial charge in [-0.3, -0.25) is 9.36 Å². The first kappa shape index (κ1) is 22.2. The number of carbonyl (C=O) groups is 1. The summed E-state index contributed by atoms with van der Waals surface area (Å²) in [7, 11) is 1.59. The highest BCUT2D eigenvalue weighted by atomic mass is 79.9. The average Bonchev–Trinajstić information content (AvgIpc) is 3.09. The number of fused-ring (bicyclic) bond motifs is 1. The van der Waals surface area contributed by atoms with E-state index >= 15 is 0 Å². The maximum Gasteiger partial charge on any atom is 0.338 e. The number of thiazole rings is 1. The lowest BCUT2D eigenvalue weighted by Gasteiger charge is -2.24. The number of hydrogen-bond donors (Lipinski definition) is 0. The number of carbonyl (C=O) groups excluding carboxylic acids is 1. The van der Waals surface area contributed by atoms with Gasteiger partial charge in [-0.05, 0) is 55.3 Å². The lowest BCUT2D eigenvalue weighted by atomic mass is 9.96. The van der Waals surface area contributed by atoms with Crippen molar-refractivity contribution in [1.82, 2.24) is 4.57 Å². The Kier molecular flexibility index (Phi) is 6.43. The fourth-order valence-corrected chi connectivity index (χ4v) is 4.91. The first-order valence-electron chi connectivity index (χ1n) is 10.0. The molecule has 0 aliphatic carbocycles. The van der Waals surface area contributed by atoms with Crippen molar-refractivity contribution in [3.8, 4) is 5.75 Å². The van der Waals surface area contributed by atoms with Gasteiger partial charge in [0.05, 0.1) is 35.6 Å². The minimum Gasteiger partial charge on any atom is -0.497 e. The number of benzene rings is 2. The minimum atomic E-state index is -0.636. The van der Waals surface area contributed by atoms with E-state index in [0.717, 1.165) is 15.6 Å². The first-order valence-corrected chi connectivity index (χ1v) is 11.6. The summed E-state index contributed by atoms with van der Waals surface area (Å²) < 4.78 is 13.7. The Hall–Kier alpha value is -2.97. The molecule has 0 saturated heterocycles. The summed E-state index contributed by atoms with van der Waals surface area (Å²) in [6, 6.07) is 14.4. The van der Waals surface area contributed by atoms with Crippen LogP contribution >= 0.6 is 27.3 Å². The summed E-state index contributed by atoms with van der Waals surface area (Å²) in [4.78, 5) is 31.5. The molecule has 164 valence electrons. The monoisotopic (exact) mass is 512 g/mol. The van der Waals surface area contributed by atoms with Crippen LogP contribution in [0.5, 0.6) is 5.75 Å². The minimum absolute atomic E-state index is 0.202. The van der Waals surface area contributed by atoms with Crippen LogP contribution in [0.3, 0.4) is 0 Å². The number of hydrogen-bond acceptors (Lipinski definition) is 6. The van der Waals surface area contributed by atoms with E-state index in [1.807, 2.05) is 54.6 Å². The van der Waals surface area contributed by atoms with E-state index in [1.165, 1.54) is 11.3 Å². The molecule has 2 aromatic carbocycles. The third-order valence-corrected chi connectivity index (χ3v) is 6.63. The first-order chi connectivity index (χ1) is 15.4. The van der Waals surface area contributed by atoms with E-state index in [4.69, 9.17) is 9.47 Å². The highest BCUT2D eigenvalue weighted by molar-refractivity contribution is 9.10. The van der Waals surface area contributed by atoms with Crippen LogP contribution in [0.25, 0.3) is 6.08 Å². The molecule has 0 amide bonds. The van der Waals surface area contributed by atoms with Crippen molar-refractivity contribution >= 4 is 39.3 Å². The number of aromatic nitrogens is 1. The van der Waals surface area contributed by atoms with Crippen molar-refractivity contribution in [2.45, 2.75) is 19.9 Å². The highest BCUT2D eigenvalue weighted by Gasteiger charge is 2.33. The van der Waals surface area contributed by atoms with Gasteiger partial charge in [0, 0.05) is 4.47 Å². The Morgan fingerprint density at radius 2 is 1.88 bits per heavy atom. The molecule has 2 heterocycles. The number of methoxy groups -OCH3 is 1. The van der Waals surface area contributed by atoms with Gasteiger partial charge >= 0.3 is 5.97 Å². The molecule has 0 unspecified atom stereocenters. The summed E-state index contributed by atoms with van der Waals surface area (Å²) in [5, 5.41) is 0. The molecule has 1 aliphatic heterocycles. The number of allylic oxidation sites excluding steroid dienone is 1. The normalized spacial score (nSPS) is 15.9. The third-order valence-electron chi connectivity index (χ3n) is 5.12. The Morgan fingerprint density at radius 1 is 1.19 bits per heavy atom. The Labute approximate surface area is 197 Å². The van der Waals surface area contributed by atoms with Gasteiger partial charge in [-0.2, -0.15) is 0 Å². The number of esters is 1. The molecular formula is C24H21BrN2O4S. The molecule has 1 atom stereocenters. The molecule has 1 aliphatic rings. The van der Waals surface area contributed by atoms with E-state index < -0.39 is 12.0 Å². The summed E-state index contributed by atoms with van der Waals surface area (Å²) >= 11 is 4.73. The predicted octanol–water partition coefficient (Wildman–Crippen LogP) is 3.57. The second-order valence-electron chi connectivity index (χ2n) is 7.13. The van der Waals surface area contributed by atoms with Crippen molar-refractivity contribution in [2.24, 2.45) is 4.99 Å². The summed E-state index contributed by atoms with van der Waals surface area (Å²) in [6.45, 7) is 3.76. The summed E-state index contributed by atoms with van der Waals surface area (Å²) in [6.07, 6.45) is 1.84. The topological polar surface area (TPSA) is 69.9 Å². The summed E-state index contributed by atoms with van der Waals surface area (Å²) in [5.74, 6) is 0.214. The van der Waals surface area contributed by atoms with Crippen LogP contribution in [0.2, 0.25) is 0 Å². The zero-order valence-electron chi connectivity index (χ0n) is 17.8. The Balaban J connectivity index is 1.93. The van der Waals surface area contributed by atoms with Crippen LogP contribution in [-0.4, -0.2) is 24.3 Å². The number of nitrogens with zero attached hydrogens (tertiary/aromatic N) is 2. The largest absolute Gasteiger partial charge is 0.497 e. The summed E-state index contributed by atoms with van der Waals surface area (Å²) in [5.41, 5.74) is 2.38. The molecule has 0 bridgehead atoms. The molecule has 0 fully saturated rings. The zero-order chi connectivity index (χ0) is 22.8. The second-order valence-corrected chi connectivity index (χ2v) is 9.05. The van der Waals surface area contributed by atoms with Gasteiger partial charge in [0.1, 0.15) is 5.75 Å². The highest BCUT2D eigenvalue weighted by Crippen LogP contribution is 2.31. The van der Waals surface area contributed by atoms with Gasteiger partial charge in [-0.15, -0.1) is 0 Å². The fraction of sp³-hybridized carbons (Fsp3) is 0.208. The maximum absolute atomic E-state index is 13.5. The van der Waals surface area contributed by atoms with Crippen LogP contribution in [0.1, 0.15) is 31.0 Å². The van der Waals surface area contributed by atoms with Gasteiger partial charge in [-0.25, -0.2) is 9.79 Å². The van der Waals surface area contributed by atoms with Crippen molar-refractivity contribution in [3.05, 3.63) is 95.1 Å². The van der Waals surface area contributed by atoms with Gasteiger partial charge < -0.3 is 9.47 Å². The third kappa shape index (κ3) is 4.20. The molecule has 3 aromatic rings. The number of rotatable bonds is 5. The van der Waals surface area contributed by atoms with E-state index in [9.17, 15) is 9.59 Å². The molecule has 6 nitrogen and oxygen atoms in total. The molecule has 0 radical (unpaired) electrons. The van der Waals surface area contributed by atoms with E-state index in [1.54, 1.807) is 25.5 Å². The van der Waals surface area contributed by atoms with E-state index in [-0.39, 0.29) is 12.2 Å². The number of halogens is 1. The quantitative estimate of drug-likeness (QED) is 0.490. The maximum atomic E-state index is 13.5. The average molecular weight is 513 g/mol. The molecule has 32 heavy (non-hydrogen) atoms. The van der Waals surface area contributed by atoms with Gasteiger partial charge in [-0.1, -0.05) is 51.5 Å². The van der Waals surface area contributed by atoms with Crippen molar-refractivity contribution in [2.75, 3.05) is 13.7 Å².